The smallest absolute Gasteiger partial charge is 0.317 e. The van der Waals surface area contributed by atoms with Crippen molar-refractivity contribution in [1.82, 2.24) is 10.2 Å². The van der Waals surface area contributed by atoms with Crippen LogP contribution >= 0.6 is 0 Å². The number of rotatable bonds is 6. The van der Waals surface area contributed by atoms with Crippen LogP contribution < -0.4 is 5.32 Å². The van der Waals surface area contributed by atoms with Crippen molar-refractivity contribution < 1.29 is 63.4 Å². The summed E-state index contributed by atoms with van der Waals surface area (Å²) in [4.78, 5) is 25.4. The Morgan fingerprint density at radius 1 is 1.32 bits per heavy atom. The second-order valence-electron chi connectivity index (χ2n) is 6.18. The Bertz CT molecular complexity index is 348. The Kier molecular flexibility index (Phi) is 13.5. The zero-order valence-corrected chi connectivity index (χ0v) is 19.7. The molecule has 1 atom stereocenters. The van der Waals surface area contributed by atoms with Crippen LogP contribution in [0.2, 0.25) is 0 Å². The SMILES string of the molecule is [CH2-]C(=O)[C@H](CCC(C)(C)CC)NC(=O)N1CC[N-]CC1.[W].[Y]. The maximum atomic E-state index is 12.1. The van der Waals surface area contributed by atoms with E-state index in [1.165, 1.54) is 0 Å². The van der Waals surface area contributed by atoms with E-state index in [1.807, 2.05) is 0 Å². The van der Waals surface area contributed by atoms with Gasteiger partial charge >= 0.3 is 6.03 Å². The topological polar surface area (TPSA) is 63.5 Å². The van der Waals surface area contributed by atoms with Crippen molar-refractivity contribution in [2.24, 2.45) is 5.41 Å². The predicted molar refractivity (Wildman–Crippen MR) is 80.7 cm³/mol. The van der Waals surface area contributed by atoms with Gasteiger partial charge in [-0.25, -0.2) is 4.79 Å². The molecule has 1 rings (SSSR count). The largest absolute Gasteiger partial charge is 0.659 e. The molecule has 0 aliphatic carbocycles. The molecule has 0 spiro atoms. The summed E-state index contributed by atoms with van der Waals surface area (Å²) in [5, 5.41) is 7.02. The Labute approximate surface area is 174 Å². The summed E-state index contributed by atoms with van der Waals surface area (Å²) in [7, 11) is 0. The van der Waals surface area contributed by atoms with Gasteiger partial charge in [0, 0.05) is 72.6 Å². The molecule has 0 aromatic carbocycles. The summed E-state index contributed by atoms with van der Waals surface area (Å²) in [6.45, 7) is 12.6. The average molecular weight is 554 g/mol. The quantitative estimate of drug-likeness (QED) is 0.513. The van der Waals surface area contributed by atoms with Gasteiger partial charge < -0.3 is 27.3 Å². The molecule has 1 N–H and O–H groups in total. The fourth-order valence-corrected chi connectivity index (χ4v) is 2.08. The third-order valence-electron chi connectivity index (χ3n) is 4.10. The maximum absolute atomic E-state index is 12.1. The zero-order chi connectivity index (χ0) is 15.2. The van der Waals surface area contributed by atoms with Gasteiger partial charge in [-0.15, -0.1) is 13.1 Å². The van der Waals surface area contributed by atoms with Gasteiger partial charge in [-0.05, 0) is 18.3 Å². The molecule has 0 aromatic heterocycles. The fourth-order valence-electron chi connectivity index (χ4n) is 2.08. The zero-order valence-electron chi connectivity index (χ0n) is 13.9. The molecule has 1 aliphatic rings. The monoisotopic (exact) mass is 554 g/mol. The Morgan fingerprint density at radius 2 is 1.86 bits per heavy atom. The van der Waals surface area contributed by atoms with E-state index in [0.717, 1.165) is 12.8 Å². The number of hydrogen-bond acceptors (Lipinski definition) is 2. The van der Waals surface area contributed by atoms with Crippen molar-refractivity contribution in [3.8, 4) is 0 Å². The van der Waals surface area contributed by atoms with Gasteiger partial charge in [0.05, 0.1) is 6.04 Å². The second kappa shape index (κ2) is 12.0. The van der Waals surface area contributed by atoms with Gasteiger partial charge in [0.25, 0.3) is 0 Å². The minimum atomic E-state index is -0.479. The molecule has 0 saturated carbocycles. The van der Waals surface area contributed by atoms with Crippen LogP contribution in [0.4, 0.5) is 4.79 Å². The molecule has 0 unspecified atom stereocenters. The van der Waals surface area contributed by atoms with E-state index >= 15 is 0 Å². The molecule has 125 valence electrons. The minimum Gasteiger partial charge on any atom is -0.659 e. The number of hydrogen-bond donors (Lipinski definition) is 1. The van der Waals surface area contributed by atoms with E-state index in [4.69, 9.17) is 0 Å². The first-order chi connectivity index (χ1) is 9.35. The normalized spacial score (nSPS) is 16.0. The van der Waals surface area contributed by atoms with Crippen molar-refractivity contribution in [3.63, 3.8) is 0 Å². The van der Waals surface area contributed by atoms with Crippen LogP contribution in [0.3, 0.4) is 0 Å². The number of nitrogens with one attached hydrogen (secondary N) is 1. The molecule has 1 aliphatic heterocycles. The van der Waals surface area contributed by atoms with E-state index in [1.54, 1.807) is 4.90 Å². The van der Waals surface area contributed by atoms with Gasteiger partial charge in [-0.2, -0.15) is 0 Å². The predicted octanol–water partition coefficient (Wildman–Crippen LogP) is 2.37. The first kappa shape index (κ1) is 24.8. The van der Waals surface area contributed by atoms with E-state index in [-0.39, 0.29) is 71.0 Å². The molecule has 0 aromatic rings. The number of carbonyl (C=O) groups is 2. The van der Waals surface area contributed by atoms with Gasteiger partial charge in [0.15, 0.2) is 0 Å². The van der Waals surface area contributed by atoms with E-state index in [2.05, 4.69) is 38.3 Å². The summed E-state index contributed by atoms with van der Waals surface area (Å²) in [6.07, 6.45) is 2.59. The van der Waals surface area contributed by atoms with Crippen LogP contribution in [0.5, 0.6) is 0 Å². The standard InChI is InChI=1S/C15H27N3O2.W.Y/c1-5-15(3,4)7-6-13(12(2)19)17-14(20)18-10-8-16-9-11-18;;/h13H,2,5-11H2,1,3-4H3,(H,17,20);;/q-2;;/t13-;;/m0../s1. The molecular weight excluding hydrogens is 527 g/mol. The summed E-state index contributed by atoms with van der Waals surface area (Å²) in [6, 6.07) is -0.650. The fraction of sp³-hybridized carbons (Fsp3) is 0.800. The van der Waals surface area contributed by atoms with Crippen molar-refractivity contribution in [1.29, 1.82) is 0 Å². The molecule has 0 bridgehead atoms. The summed E-state index contributed by atoms with van der Waals surface area (Å²) < 4.78 is 0. The van der Waals surface area contributed by atoms with Crippen molar-refractivity contribution >= 4 is 11.8 Å². The van der Waals surface area contributed by atoms with Crippen LogP contribution in [0, 0.1) is 12.3 Å². The van der Waals surface area contributed by atoms with E-state index in [9.17, 15) is 9.59 Å². The van der Waals surface area contributed by atoms with Gasteiger partial charge in [-0.1, -0.05) is 27.2 Å². The minimum absolute atomic E-state index is 0. The number of ketones is 1. The maximum Gasteiger partial charge on any atom is 0.317 e. The average Bonchev–Trinajstić information content (AvgIpc) is 2.43. The van der Waals surface area contributed by atoms with Gasteiger partial charge in [0.2, 0.25) is 0 Å². The van der Waals surface area contributed by atoms with Crippen LogP contribution in [0.1, 0.15) is 40.0 Å². The van der Waals surface area contributed by atoms with E-state index < -0.39 is 6.04 Å². The molecule has 1 saturated heterocycles. The van der Waals surface area contributed by atoms with Gasteiger partial charge in [-0.3, -0.25) is 0 Å². The van der Waals surface area contributed by atoms with Crippen LogP contribution in [-0.2, 0) is 58.6 Å². The van der Waals surface area contributed by atoms with Crippen LogP contribution in [-0.4, -0.2) is 48.9 Å². The number of urea groups is 1. The Hall–Kier alpha value is 0.562. The first-order valence-corrected chi connectivity index (χ1v) is 7.40. The van der Waals surface area contributed by atoms with E-state index in [0.29, 0.717) is 32.6 Å². The molecule has 7 heteroatoms. The van der Waals surface area contributed by atoms with Crippen molar-refractivity contribution in [2.75, 3.05) is 26.2 Å². The summed E-state index contributed by atoms with van der Waals surface area (Å²) in [5.41, 5.74) is 0.183. The number of nitrogens with zero attached hydrogens (tertiary/aromatic N) is 2. The van der Waals surface area contributed by atoms with Crippen LogP contribution in [0.25, 0.3) is 5.32 Å². The van der Waals surface area contributed by atoms with Crippen molar-refractivity contribution in [3.05, 3.63) is 12.2 Å². The number of amides is 2. The summed E-state index contributed by atoms with van der Waals surface area (Å²) in [5.74, 6) is -0.216. The molecule has 1 radical (unpaired) electrons. The molecule has 1 heterocycles. The number of Topliss-reactive ketones (excluding diaryl/α,β-unsaturated/α-hetero) is 1. The van der Waals surface area contributed by atoms with Crippen LogP contribution in [0.15, 0.2) is 0 Å². The first-order valence-electron chi connectivity index (χ1n) is 7.40. The molecule has 5 nitrogen and oxygen atoms in total. The summed E-state index contributed by atoms with van der Waals surface area (Å²) >= 11 is 0. The second-order valence-corrected chi connectivity index (χ2v) is 6.18. The third kappa shape index (κ3) is 9.00. The van der Waals surface area contributed by atoms with Gasteiger partial charge in [0.1, 0.15) is 0 Å². The van der Waals surface area contributed by atoms with Crippen molar-refractivity contribution in [2.45, 2.75) is 46.1 Å². The molecule has 22 heavy (non-hydrogen) atoms. The third-order valence-corrected chi connectivity index (χ3v) is 4.10. The molecule has 2 amide bonds. The Balaban J connectivity index is 0. The molecule has 1 fully saturated rings. The number of carbonyl (C=O) groups excluding carboxylic acids is 2. The number of piperazine rings is 1. The molecular formula is C15H27N3O2WY-2. The Morgan fingerprint density at radius 3 is 2.32 bits per heavy atom.